The van der Waals surface area contributed by atoms with E-state index in [9.17, 15) is 4.79 Å². The highest BCUT2D eigenvalue weighted by Crippen LogP contribution is 2.34. The van der Waals surface area contributed by atoms with Gasteiger partial charge in [0.15, 0.2) is 0 Å². The molecule has 0 N–H and O–H groups in total. The fraction of sp³-hybridized carbons (Fsp3) is 0.875. The lowest BCUT2D eigenvalue weighted by Gasteiger charge is -2.22. The lowest BCUT2D eigenvalue weighted by molar-refractivity contribution is -0.129. The normalized spacial score (nSPS) is 20.3. The Morgan fingerprint density at radius 2 is 2.10 bits per heavy atom. The van der Waals surface area contributed by atoms with Gasteiger partial charge in [-0.15, -0.1) is 0 Å². The molecule has 0 aliphatic heterocycles. The molecule has 1 fully saturated rings. The van der Waals surface area contributed by atoms with Crippen molar-refractivity contribution in [2.24, 2.45) is 5.92 Å². The molecule has 0 aromatic rings. The van der Waals surface area contributed by atoms with Gasteiger partial charge >= 0.3 is 0 Å². The summed E-state index contributed by atoms with van der Waals surface area (Å²) in [5, 5.41) is 0. The SMILES string of the molecule is CC(=O)N(C)C(C)C1CC1. The largest absolute Gasteiger partial charge is 0.343 e. The Hall–Kier alpha value is -0.530. The summed E-state index contributed by atoms with van der Waals surface area (Å²) in [5.74, 6) is 0.966. The summed E-state index contributed by atoms with van der Waals surface area (Å²) in [4.78, 5) is 12.7. The third-order valence-electron chi connectivity index (χ3n) is 2.41. The van der Waals surface area contributed by atoms with Gasteiger partial charge in [-0.05, 0) is 25.7 Å². The number of rotatable bonds is 2. The van der Waals surface area contributed by atoms with E-state index in [1.54, 1.807) is 6.92 Å². The van der Waals surface area contributed by atoms with Crippen molar-refractivity contribution < 1.29 is 4.79 Å². The molecule has 1 aliphatic carbocycles. The van der Waals surface area contributed by atoms with Crippen molar-refractivity contribution in [1.29, 1.82) is 0 Å². The van der Waals surface area contributed by atoms with Gasteiger partial charge in [0, 0.05) is 20.0 Å². The van der Waals surface area contributed by atoms with Gasteiger partial charge in [0.1, 0.15) is 0 Å². The number of hydrogen-bond acceptors (Lipinski definition) is 1. The Balaban J connectivity index is 2.38. The van der Waals surface area contributed by atoms with Crippen LogP contribution >= 0.6 is 0 Å². The Labute approximate surface area is 62.2 Å². The molecule has 0 aromatic heterocycles. The predicted octanol–water partition coefficient (Wildman–Crippen LogP) is 1.26. The second kappa shape index (κ2) is 2.60. The molecule has 1 saturated carbocycles. The molecule has 0 saturated heterocycles. The molecule has 0 radical (unpaired) electrons. The van der Waals surface area contributed by atoms with E-state index in [0.717, 1.165) is 5.92 Å². The first-order chi connectivity index (χ1) is 4.63. The maximum absolute atomic E-state index is 10.8. The van der Waals surface area contributed by atoms with E-state index in [2.05, 4.69) is 6.92 Å². The minimum absolute atomic E-state index is 0.180. The van der Waals surface area contributed by atoms with E-state index >= 15 is 0 Å². The van der Waals surface area contributed by atoms with Crippen LogP contribution in [0.15, 0.2) is 0 Å². The van der Waals surface area contributed by atoms with Crippen molar-refractivity contribution >= 4 is 5.91 Å². The van der Waals surface area contributed by atoms with Crippen molar-refractivity contribution in [3.63, 3.8) is 0 Å². The van der Waals surface area contributed by atoms with Crippen LogP contribution in [0.25, 0.3) is 0 Å². The molecule has 2 nitrogen and oxygen atoms in total. The standard InChI is InChI=1S/C8H15NO/c1-6(8-4-5-8)9(3)7(2)10/h6,8H,4-5H2,1-3H3. The zero-order valence-electron chi connectivity index (χ0n) is 6.92. The number of amides is 1. The molecule has 1 rings (SSSR count). The van der Waals surface area contributed by atoms with Crippen LogP contribution in [0.2, 0.25) is 0 Å². The summed E-state index contributed by atoms with van der Waals surface area (Å²) in [6.45, 7) is 3.75. The molecule has 2 heteroatoms. The molecular formula is C8H15NO. The summed E-state index contributed by atoms with van der Waals surface area (Å²) >= 11 is 0. The number of nitrogens with zero attached hydrogens (tertiary/aromatic N) is 1. The topological polar surface area (TPSA) is 20.3 Å². The highest BCUT2D eigenvalue weighted by atomic mass is 16.2. The predicted molar refractivity (Wildman–Crippen MR) is 40.6 cm³/mol. The molecule has 1 amide bonds. The molecule has 1 unspecified atom stereocenters. The van der Waals surface area contributed by atoms with Crippen molar-refractivity contribution in [1.82, 2.24) is 4.90 Å². The Kier molecular flexibility index (Phi) is 1.97. The Morgan fingerprint density at radius 3 is 2.40 bits per heavy atom. The van der Waals surface area contributed by atoms with Crippen molar-refractivity contribution in [2.75, 3.05) is 7.05 Å². The van der Waals surface area contributed by atoms with Crippen LogP contribution < -0.4 is 0 Å². The molecule has 58 valence electrons. The zero-order chi connectivity index (χ0) is 7.72. The van der Waals surface area contributed by atoms with Crippen LogP contribution in [0.5, 0.6) is 0 Å². The van der Waals surface area contributed by atoms with Crippen molar-refractivity contribution in [2.45, 2.75) is 32.7 Å². The van der Waals surface area contributed by atoms with Gasteiger partial charge in [0.2, 0.25) is 5.91 Å². The molecule has 0 heterocycles. The molecule has 1 atom stereocenters. The highest BCUT2D eigenvalue weighted by molar-refractivity contribution is 5.73. The summed E-state index contributed by atoms with van der Waals surface area (Å²) < 4.78 is 0. The van der Waals surface area contributed by atoms with Crippen LogP contribution in [0, 0.1) is 5.92 Å². The van der Waals surface area contributed by atoms with Gasteiger partial charge < -0.3 is 4.90 Å². The van der Waals surface area contributed by atoms with E-state index in [1.807, 2.05) is 11.9 Å². The van der Waals surface area contributed by atoms with E-state index in [1.165, 1.54) is 12.8 Å². The van der Waals surface area contributed by atoms with Gasteiger partial charge in [0.25, 0.3) is 0 Å². The van der Waals surface area contributed by atoms with Gasteiger partial charge in [-0.2, -0.15) is 0 Å². The number of carbonyl (C=O) groups is 1. The quantitative estimate of drug-likeness (QED) is 0.567. The molecule has 0 aromatic carbocycles. The molecular weight excluding hydrogens is 126 g/mol. The first kappa shape index (κ1) is 7.58. The van der Waals surface area contributed by atoms with Crippen LogP contribution in [0.3, 0.4) is 0 Å². The first-order valence-corrected chi connectivity index (χ1v) is 3.86. The van der Waals surface area contributed by atoms with Gasteiger partial charge in [-0.1, -0.05) is 0 Å². The van der Waals surface area contributed by atoms with Crippen molar-refractivity contribution in [3.8, 4) is 0 Å². The van der Waals surface area contributed by atoms with E-state index in [-0.39, 0.29) is 5.91 Å². The summed E-state index contributed by atoms with van der Waals surface area (Å²) in [7, 11) is 1.88. The van der Waals surface area contributed by atoms with Gasteiger partial charge in [-0.25, -0.2) is 0 Å². The van der Waals surface area contributed by atoms with Crippen molar-refractivity contribution in [3.05, 3.63) is 0 Å². The number of hydrogen-bond donors (Lipinski definition) is 0. The van der Waals surface area contributed by atoms with Gasteiger partial charge in [0.05, 0.1) is 0 Å². The molecule has 1 aliphatic rings. The van der Waals surface area contributed by atoms with Gasteiger partial charge in [-0.3, -0.25) is 4.79 Å². The van der Waals surface area contributed by atoms with Crippen LogP contribution in [-0.2, 0) is 4.79 Å². The summed E-state index contributed by atoms with van der Waals surface area (Å²) in [6, 6.07) is 0.456. The molecule has 10 heavy (non-hydrogen) atoms. The second-order valence-electron chi connectivity index (χ2n) is 3.21. The Morgan fingerprint density at radius 1 is 1.60 bits per heavy atom. The third-order valence-corrected chi connectivity index (χ3v) is 2.41. The average Bonchev–Trinajstić information content (AvgIpc) is 2.65. The smallest absolute Gasteiger partial charge is 0.219 e. The molecule has 0 spiro atoms. The minimum atomic E-state index is 0.180. The summed E-state index contributed by atoms with van der Waals surface area (Å²) in [6.07, 6.45) is 2.61. The Bertz CT molecular complexity index is 140. The average molecular weight is 141 g/mol. The zero-order valence-corrected chi connectivity index (χ0v) is 6.92. The highest BCUT2D eigenvalue weighted by Gasteiger charge is 2.31. The fourth-order valence-electron chi connectivity index (χ4n) is 1.18. The maximum Gasteiger partial charge on any atom is 0.219 e. The van der Waals surface area contributed by atoms with Crippen LogP contribution in [-0.4, -0.2) is 23.9 Å². The lowest BCUT2D eigenvalue weighted by Crippen LogP contribution is -2.34. The minimum Gasteiger partial charge on any atom is -0.343 e. The monoisotopic (exact) mass is 141 g/mol. The van der Waals surface area contributed by atoms with Crippen LogP contribution in [0.4, 0.5) is 0 Å². The molecule has 0 bridgehead atoms. The first-order valence-electron chi connectivity index (χ1n) is 3.86. The lowest BCUT2D eigenvalue weighted by atomic mass is 10.2. The summed E-state index contributed by atoms with van der Waals surface area (Å²) in [5.41, 5.74) is 0. The number of carbonyl (C=O) groups excluding carboxylic acids is 1. The van der Waals surface area contributed by atoms with Crippen LogP contribution in [0.1, 0.15) is 26.7 Å². The fourth-order valence-corrected chi connectivity index (χ4v) is 1.18. The second-order valence-corrected chi connectivity index (χ2v) is 3.21. The van der Waals surface area contributed by atoms with E-state index in [0.29, 0.717) is 6.04 Å². The van der Waals surface area contributed by atoms with E-state index < -0.39 is 0 Å². The maximum atomic E-state index is 10.8. The van der Waals surface area contributed by atoms with E-state index in [4.69, 9.17) is 0 Å². The third kappa shape index (κ3) is 1.49.